The van der Waals surface area contributed by atoms with Crippen molar-refractivity contribution in [1.82, 2.24) is 20.0 Å². The third kappa shape index (κ3) is 5.00. The third-order valence-corrected chi connectivity index (χ3v) is 6.70. The van der Waals surface area contributed by atoms with Crippen molar-refractivity contribution in [3.8, 4) is 11.3 Å². The number of carbonyl (C=O) groups excluding carboxylic acids is 2. The van der Waals surface area contributed by atoms with E-state index in [1.54, 1.807) is 4.90 Å². The highest BCUT2D eigenvalue weighted by Crippen LogP contribution is 2.30. The van der Waals surface area contributed by atoms with Gasteiger partial charge in [0.1, 0.15) is 5.82 Å². The van der Waals surface area contributed by atoms with Gasteiger partial charge >= 0.3 is 0 Å². The molecule has 7 nitrogen and oxygen atoms in total. The lowest BCUT2D eigenvalue weighted by atomic mass is 10.1. The smallest absolute Gasteiger partial charge is 0.251 e. The molecule has 1 fully saturated rings. The molecule has 0 saturated carbocycles. The first kappa shape index (κ1) is 22.6. The van der Waals surface area contributed by atoms with Crippen LogP contribution in [0.1, 0.15) is 35.2 Å². The topological polar surface area (TPSA) is 70.5 Å². The minimum Gasteiger partial charge on any atom is -0.351 e. The van der Waals surface area contributed by atoms with Crippen LogP contribution >= 0.6 is 11.6 Å². The van der Waals surface area contributed by atoms with Crippen LogP contribution < -0.4 is 10.2 Å². The number of benzene rings is 2. The number of carbonyl (C=O) groups is 2. The Morgan fingerprint density at radius 2 is 1.82 bits per heavy atom. The Morgan fingerprint density at radius 3 is 2.59 bits per heavy atom. The zero-order valence-corrected chi connectivity index (χ0v) is 19.8. The number of likely N-dealkylation sites (tertiary alicyclic amines) is 1. The van der Waals surface area contributed by atoms with Gasteiger partial charge in [-0.25, -0.2) is 4.68 Å². The molecule has 2 amide bonds. The summed E-state index contributed by atoms with van der Waals surface area (Å²) in [6.07, 6.45) is 2.90. The summed E-state index contributed by atoms with van der Waals surface area (Å²) in [4.78, 5) is 29.4. The van der Waals surface area contributed by atoms with Gasteiger partial charge in [-0.15, -0.1) is 0 Å². The largest absolute Gasteiger partial charge is 0.351 e. The van der Waals surface area contributed by atoms with Crippen LogP contribution in [-0.4, -0.2) is 52.7 Å². The van der Waals surface area contributed by atoms with Crippen molar-refractivity contribution in [3.05, 3.63) is 70.7 Å². The maximum atomic E-state index is 12.8. The summed E-state index contributed by atoms with van der Waals surface area (Å²) in [6.45, 7) is 4.78. The minimum absolute atomic E-state index is 0.0637. The number of amides is 2. The molecule has 3 heterocycles. The first-order chi connectivity index (χ1) is 16.6. The van der Waals surface area contributed by atoms with Crippen molar-refractivity contribution in [3.63, 3.8) is 0 Å². The molecule has 0 bridgehead atoms. The number of hydrogen-bond donors (Lipinski definition) is 1. The highest BCUT2D eigenvalue weighted by Gasteiger charge is 2.26. The van der Waals surface area contributed by atoms with Gasteiger partial charge in [0.05, 0.1) is 18.8 Å². The quantitative estimate of drug-likeness (QED) is 0.559. The molecule has 0 unspecified atom stereocenters. The van der Waals surface area contributed by atoms with Gasteiger partial charge in [-0.05, 0) is 55.8 Å². The number of hydrogen-bond acceptors (Lipinski definition) is 4. The van der Waals surface area contributed by atoms with Crippen LogP contribution in [0.4, 0.5) is 5.82 Å². The van der Waals surface area contributed by atoms with E-state index < -0.39 is 0 Å². The van der Waals surface area contributed by atoms with Gasteiger partial charge in [-0.2, -0.15) is 5.10 Å². The number of nitrogens with one attached hydrogen (secondary N) is 1. The highest BCUT2D eigenvalue weighted by atomic mass is 35.5. The predicted molar refractivity (Wildman–Crippen MR) is 133 cm³/mol. The SMILES string of the molecule is O=C(NCCN1CCCC1)c1ccc(CN2C(=O)CCn3nc(-c4cccc(Cl)c4)cc32)cc1. The van der Waals surface area contributed by atoms with Crippen LogP contribution in [-0.2, 0) is 17.9 Å². The first-order valence-electron chi connectivity index (χ1n) is 11.8. The lowest BCUT2D eigenvalue weighted by Crippen LogP contribution is -2.37. The monoisotopic (exact) mass is 477 g/mol. The number of anilines is 1. The van der Waals surface area contributed by atoms with Crippen LogP contribution in [0.15, 0.2) is 54.6 Å². The Hall–Kier alpha value is -3.16. The van der Waals surface area contributed by atoms with Gasteiger partial charge in [-0.1, -0.05) is 35.9 Å². The standard InChI is InChI=1S/C26H28ClN5O2/c27-22-5-3-4-21(16-22)23-17-24-31(25(33)10-14-32(24)29-23)18-19-6-8-20(9-7-19)26(34)28-11-15-30-12-1-2-13-30/h3-9,16-17H,1-2,10-15,18H2,(H,28,34). The molecule has 34 heavy (non-hydrogen) atoms. The summed E-state index contributed by atoms with van der Waals surface area (Å²) in [5.74, 6) is 0.771. The summed E-state index contributed by atoms with van der Waals surface area (Å²) >= 11 is 6.14. The summed E-state index contributed by atoms with van der Waals surface area (Å²) < 4.78 is 1.87. The van der Waals surface area contributed by atoms with E-state index in [1.165, 1.54) is 12.8 Å². The zero-order chi connectivity index (χ0) is 23.5. The maximum Gasteiger partial charge on any atom is 0.251 e. The molecule has 0 spiro atoms. The molecule has 8 heteroatoms. The second kappa shape index (κ2) is 9.99. The average molecular weight is 478 g/mol. The van der Waals surface area contributed by atoms with E-state index >= 15 is 0 Å². The van der Waals surface area contributed by atoms with Crippen molar-refractivity contribution >= 4 is 29.2 Å². The number of aryl methyl sites for hydroxylation is 1. The van der Waals surface area contributed by atoms with Crippen molar-refractivity contribution in [2.75, 3.05) is 31.1 Å². The average Bonchev–Trinajstić information content (AvgIpc) is 3.51. The van der Waals surface area contributed by atoms with E-state index in [0.29, 0.717) is 36.6 Å². The Kier molecular flexibility index (Phi) is 6.65. The van der Waals surface area contributed by atoms with Crippen LogP contribution in [0.5, 0.6) is 0 Å². The van der Waals surface area contributed by atoms with E-state index in [4.69, 9.17) is 16.7 Å². The molecule has 2 aromatic carbocycles. The van der Waals surface area contributed by atoms with Crippen LogP contribution in [0.25, 0.3) is 11.3 Å². The van der Waals surface area contributed by atoms with Gasteiger partial charge in [0, 0.05) is 41.7 Å². The number of nitrogens with zero attached hydrogens (tertiary/aromatic N) is 4. The second-order valence-corrected chi connectivity index (χ2v) is 9.29. The van der Waals surface area contributed by atoms with Gasteiger partial charge in [0.2, 0.25) is 5.91 Å². The Labute approximate surface area is 204 Å². The normalized spacial score (nSPS) is 16.0. The van der Waals surface area contributed by atoms with E-state index in [0.717, 1.165) is 42.3 Å². The summed E-state index contributed by atoms with van der Waals surface area (Å²) in [5, 5.41) is 8.34. The van der Waals surface area contributed by atoms with E-state index in [2.05, 4.69) is 10.2 Å². The van der Waals surface area contributed by atoms with E-state index in [1.807, 2.05) is 59.3 Å². The van der Waals surface area contributed by atoms with Gasteiger partial charge in [-0.3, -0.25) is 14.5 Å². The molecule has 0 atom stereocenters. The first-order valence-corrected chi connectivity index (χ1v) is 12.2. The van der Waals surface area contributed by atoms with E-state index in [9.17, 15) is 9.59 Å². The molecule has 176 valence electrons. The molecule has 2 aliphatic heterocycles. The number of halogens is 1. The third-order valence-electron chi connectivity index (χ3n) is 6.46. The lowest BCUT2D eigenvalue weighted by molar-refractivity contribution is -0.119. The molecule has 1 N–H and O–H groups in total. The molecule has 0 radical (unpaired) electrons. The molecule has 0 aliphatic carbocycles. The molecule has 3 aromatic rings. The highest BCUT2D eigenvalue weighted by molar-refractivity contribution is 6.30. The van der Waals surface area contributed by atoms with Crippen molar-refractivity contribution in [2.24, 2.45) is 0 Å². The fraction of sp³-hybridized carbons (Fsp3) is 0.346. The van der Waals surface area contributed by atoms with Gasteiger partial charge in [0.25, 0.3) is 5.91 Å². The predicted octanol–water partition coefficient (Wildman–Crippen LogP) is 3.97. The molecule has 2 aliphatic rings. The second-order valence-electron chi connectivity index (χ2n) is 8.85. The lowest BCUT2D eigenvalue weighted by Gasteiger charge is -2.27. The number of fused-ring (bicyclic) bond motifs is 1. The Morgan fingerprint density at radius 1 is 1.03 bits per heavy atom. The fourth-order valence-electron chi connectivity index (χ4n) is 4.59. The van der Waals surface area contributed by atoms with Crippen LogP contribution in [0.2, 0.25) is 5.02 Å². The van der Waals surface area contributed by atoms with Gasteiger partial charge in [0.15, 0.2) is 0 Å². The Bertz CT molecular complexity index is 1180. The summed E-state index contributed by atoms with van der Waals surface area (Å²) in [6, 6.07) is 17.0. The van der Waals surface area contributed by atoms with Crippen molar-refractivity contribution in [2.45, 2.75) is 32.4 Å². The zero-order valence-electron chi connectivity index (χ0n) is 19.0. The van der Waals surface area contributed by atoms with Gasteiger partial charge < -0.3 is 10.2 Å². The van der Waals surface area contributed by atoms with E-state index in [-0.39, 0.29) is 11.8 Å². The summed E-state index contributed by atoms with van der Waals surface area (Å²) in [5.41, 5.74) is 3.30. The summed E-state index contributed by atoms with van der Waals surface area (Å²) in [7, 11) is 0. The number of rotatable bonds is 7. The fourth-order valence-corrected chi connectivity index (χ4v) is 4.78. The maximum absolute atomic E-state index is 12.8. The van der Waals surface area contributed by atoms with Crippen LogP contribution in [0.3, 0.4) is 0 Å². The molecular weight excluding hydrogens is 450 g/mol. The molecule has 1 saturated heterocycles. The molecule has 5 rings (SSSR count). The Balaban J connectivity index is 1.25. The molecular formula is C26H28ClN5O2. The number of aromatic nitrogens is 2. The van der Waals surface area contributed by atoms with Crippen molar-refractivity contribution < 1.29 is 9.59 Å². The minimum atomic E-state index is -0.0657. The molecule has 1 aromatic heterocycles. The van der Waals surface area contributed by atoms with Crippen molar-refractivity contribution in [1.29, 1.82) is 0 Å². The van der Waals surface area contributed by atoms with Crippen LogP contribution in [0, 0.1) is 0 Å².